The lowest BCUT2D eigenvalue weighted by Crippen LogP contribution is -2.65. The van der Waals surface area contributed by atoms with E-state index in [4.69, 9.17) is 18.9 Å². The fourth-order valence-corrected chi connectivity index (χ4v) is 8.30. The molecule has 2 aliphatic heterocycles. The Balaban J connectivity index is 1.51. The smallest absolute Gasteiger partial charge is 0.217 e. The van der Waals surface area contributed by atoms with Crippen LogP contribution in [-0.4, -0.2) is 140 Å². The minimum Gasteiger partial charge on any atom is -0.394 e. The van der Waals surface area contributed by atoms with E-state index in [0.717, 1.165) is 25.7 Å². The number of aliphatic hydroxyl groups excluding tert-OH is 8. The van der Waals surface area contributed by atoms with Gasteiger partial charge in [0.05, 0.1) is 32.0 Å². The molecule has 0 aliphatic carbocycles. The van der Waals surface area contributed by atoms with E-state index >= 15 is 0 Å². The van der Waals surface area contributed by atoms with Gasteiger partial charge in [0.2, 0.25) is 5.91 Å². The van der Waals surface area contributed by atoms with Gasteiger partial charge in [0.25, 0.3) is 0 Å². The van der Waals surface area contributed by atoms with E-state index in [1.54, 1.807) is 6.08 Å². The number of hydrogen-bond acceptors (Lipinski definition) is 13. The third-order valence-corrected chi connectivity index (χ3v) is 12.3. The van der Waals surface area contributed by atoms with Crippen molar-refractivity contribution in [3.05, 3.63) is 36.5 Å². The summed E-state index contributed by atoms with van der Waals surface area (Å²) in [4.78, 5) is 11.9. The van der Waals surface area contributed by atoms with Crippen molar-refractivity contribution < 1.29 is 64.6 Å². The van der Waals surface area contributed by atoms with Gasteiger partial charge in [-0.15, -0.1) is 0 Å². The van der Waals surface area contributed by atoms with Crippen molar-refractivity contribution in [3.63, 3.8) is 0 Å². The number of amides is 1. The first-order valence-electron chi connectivity index (χ1n) is 25.2. The lowest BCUT2D eigenvalue weighted by Gasteiger charge is -2.46. The zero-order valence-electron chi connectivity index (χ0n) is 39.5. The van der Waals surface area contributed by atoms with Gasteiger partial charge in [-0.25, -0.2) is 0 Å². The predicted molar refractivity (Wildman–Crippen MR) is 249 cm³/mol. The maximum atomic E-state index is 11.9. The molecule has 2 heterocycles. The first-order valence-corrected chi connectivity index (χ1v) is 25.2. The average Bonchev–Trinajstić information content (AvgIpc) is 3.28. The van der Waals surface area contributed by atoms with Crippen LogP contribution in [0.5, 0.6) is 0 Å². The highest BCUT2D eigenvalue weighted by Gasteiger charge is 2.50. The van der Waals surface area contributed by atoms with E-state index in [1.165, 1.54) is 142 Å². The molecule has 0 spiro atoms. The molecule has 0 saturated carbocycles. The summed E-state index contributed by atoms with van der Waals surface area (Å²) in [7, 11) is 0. The Bertz CT molecular complexity index is 1220. The molecule has 12 atom stereocenters. The number of hydrogen-bond donors (Lipinski definition) is 9. The Labute approximate surface area is 385 Å². The van der Waals surface area contributed by atoms with Gasteiger partial charge in [0, 0.05) is 6.92 Å². The van der Waals surface area contributed by atoms with Gasteiger partial charge < -0.3 is 65.1 Å². The Morgan fingerprint density at radius 2 is 0.969 bits per heavy atom. The van der Waals surface area contributed by atoms with Gasteiger partial charge in [-0.2, -0.15) is 0 Å². The molecular formula is C50H91NO13. The van der Waals surface area contributed by atoms with Crippen LogP contribution >= 0.6 is 0 Å². The molecule has 2 aliphatic rings. The molecule has 14 heteroatoms. The lowest BCUT2D eigenvalue weighted by molar-refractivity contribution is -0.359. The van der Waals surface area contributed by atoms with Crippen molar-refractivity contribution >= 4 is 5.91 Å². The van der Waals surface area contributed by atoms with Crippen LogP contribution in [0.3, 0.4) is 0 Å². The van der Waals surface area contributed by atoms with Crippen LogP contribution in [-0.2, 0) is 23.7 Å². The van der Waals surface area contributed by atoms with E-state index in [2.05, 4.69) is 36.5 Å². The summed E-state index contributed by atoms with van der Waals surface area (Å²) >= 11 is 0. The van der Waals surface area contributed by atoms with Crippen LogP contribution in [0.2, 0.25) is 0 Å². The molecule has 2 saturated heterocycles. The topological polar surface area (TPSA) is 228 Å². The fraction of sp³-hybridized carbons (Fsp3) is 0.860. The highest BCUT2D eigenvalue weighted by atomic mass is 16.7. The van der Waals surface area contributed by atoms with Gasteiger partial charge >= 0.3 is 0 Å². The largest absolute Gasteiger partial charge is 0.394 e. The van der Waals surface area contributed by atoms with Gasteiger partial charge in [-0.3, -0.25) is 4.79 Å². The van der Waals surface area contributed by atoms with Crippen molar-refractivity contribution in [1.82, 2.24) is 5.32 Å². The molecule has 374 valence electrons. The molecular weight excluding hydrogens is 823 g/mol. The van der Waals surface area contributed by atoms with Crippen LogP contribution in [0.15, 0.2) is 36.5 Å². The summed E-state index contributed by atoms with van der Waals surface area (Å²) in [5.41, 5.74) is 0. The minimum atomic E-state index is -1.79. The van der Waals surface area contributed by atoms with Crippen molar-refractivity contribution in [1.29, 1.82) is 0 Å². The van der Waals surface area contributed by atoms with E-state index in [9.17, 15) is 45.6 Å². The number of carbonyl (C=O) groups is 1. The number of rotatable bonds is 38. The number of allylic oxidation sites excluding steroid dienone is 5. The standard InChI is InChI=1S/C50H91NO13/c1-3-4-5-6-7-8-9-10-11-12-13-14-15-16-17-18-19-20-21-22-23-24-25-26-27-28-29-30-31-32-33-34-40(55)39(51-38(2)54)37-61-49-47(60)45(58)48(42(36-53)63-49)64-50-46(59)44(57)43(56)41(35-52)62-50/h25-26,29-30,33-34,39-50,52-53,55-60H,3-24,27-28,31-32,35-37H2,1-2H3,(H,51,54)/b26-25+,30-29+,34-33+. The monoisotopic (exact) mass is 914 g/mol. The minimum absolute atomic E-state index is 0.330. The van der Waals surface area contributed by atoms with Gasteiger partial charge in [0.15, 0.2) is 12.6 Å². The van der Waals surface area contributed by atoms with Crippen LogP contribution in [0.25, 0.3) is 0 Å². The summed E-state index contributed by atoms with van der Waals surface area (Å²) < 4.78 is 22.2. The Hall–Kier alpha value is -1.79. The van der Waals surface area contributed by atoms with E-state index in [0.29, 0.717) is 6.42 Å². The molecule has 0 aromatic heterocycles. The first kappa shape index (κ1) is 58.3. The van der Waals surface area contributed by atoms with Crippen LogP contribution < -0.4 is 5.32 Å². The van der Waals surface area contributed by atoms with Crippen LogP contribution in [0.4, 0.5) is 0 Å². The number of unbranched alkanes of at least 4 members (excludes halogenated alkanes) is 23. The van der Waals surface area contributed by atoms with Gasteiger partial charge in [-0.1, -0.05) is 172 Å². The van der Waals surface area contributed by atoms with E-state index in [1.807, 2.05) is 6.08 Å². The molecule has 2 fully saturated rings. The average molecular weight is 914 g/mol. The second kappa shape index (κ2) is 37.2. The van der Waals surface area contributed by atoms with Gasteiger partial charge in [-0.05, 0) is 38.5 Å². The molecule has 64 heavy (non-hydrogen) atoms. The summed E-state index contributed by atoms with van der Waals surface area (Å²) in [5.74, 6) is -0.430. The third-order valence-electron chi connectivity index (χ3n) is 12.3. The molecule has 0 bridgehead atoms. The summed E-state index contributed by atoms with van der Waals surface area (Å²) in [6.45, 7) is 1.81. The quantitative estimate of drug-likeness (QED) is 0.0244. The molecule has 0 aromatic carbocycles. The van der Waals surface area contributed by atoms with Crippen LogP contribution in [0, 0.1) is 0 Å². The maximum Gasteiger partial charge on any atom is 0.217 e. The molecule has 9 N–H and O–H groups in total. The van der Waals surface area contributed by atoms with Crippen molar-refractivity contribution in [3.8, 4) is 0 Å². The number of carbonyl (C=O) groups excluding carboxylic acids is 1. The summed E-state index contributed by atoms with van der Waals surface area (Å²) in [6.07, 6.45) is 29.1. The Morgan fingerprint density at radius 3 is 1.44 bits per heavy atom. The molecule has 0 aromatic rings. The summed E-state index contributed by atoms with van der Waals surface area (Å²) in [6, 6.07) is -0.937. The highest BCUT2D eigenvalue weighted by Crippen LogP contribution is 2.30. The first-order chi connectivity index (χ1) is 31.0. The normalized spacial score (nSPS) is 27.5. The number of aliphatic hydroxyl groups is 8. The molecule has 12 unspecified atom stereocenters. The molecule has 14 nitrogen and oxygen atoms in total. The zero-order chi connectivity index (χ0) is 46.8. The van der Waals surface area contributed by atoms with E-state index < -0.39 is 92.7 Å². The van der Waals surface area contributed by atoms with Crippen LogP contribution in [0.1, 0.15) is 181 Å². The van der Waals surface area contributed by atoms with Crippen molar-refractivity contribution in [2.75, 3.05) is 19.8 Å². The fourth-order valence-electron chi connectivity index (χ4n) is 8.30. The second-order valence-electron chi connectivity index (χ2n) is 18.0. The summed E-state index contributed by atoms with van der Waals surface area (Å²) in [5, 5.41) is 85.0. The SMILES string of the molecule is CCCCCCCCCCCCCCCCCCCCCCC/C=C/CC/C=C/CC/C=C/C(O)C(COC1OC(CO)C(OC2OC(CO)C(O)C(O)C2O)C(O)C1O)NC(C)=O. The maximum absolute atomic E-state index is 11.9. The predicted octanol–water partition coefficient (Wildman–Crippen LogP) is 6.32. The molecule has 2 rings (SSSR count). The lowest BCUT2D eigenvalue weighted by atomic mass is 9.97. The molecule has 0 radical (unpaired) electrons. The third kappa shape index (κ3) is 24.8. The second-order valence-corrected chi connectivity index (χ2v) is 18.0. The number of nitrogens with one attached hydrogen (secondary N) is 1. The zero-order valence-corrected chi connectivity index (χ0v) is 39.5. The van der Waals surface area contributed by atoms with E-state index in [-0.39, 0.29) is 6.61 Å². The number of ether oxygens (including phenoxy) is 4. The Morgan fingerprint density at radius 1 is 0.547 bits per heavy atom. The Kier molecular flexibility index (Phi) is 33.9. The van der Waals surface area contributed by atoms with Gasteiger partial charge in [0.1, 0.15) is 48.8 Å². The highest BCUT2D eigenvalue weighted by molar-refractivity contribution is 5.73. The molecule has 1 amide bonds. The van der Waals surface area contributed by atoms with Crippen molar-refractivity contribution in [2.24, 2.45) is 0 Å². The van der Waals surface area contributed by atoms with Crippen molar-refractivity contribution in [2.45, 2.75) is 254 Å².